The first-order valence-corrected chi connectivity index (χ1v) is 11.5. The molecule has 6 heteroatoms. The molecule has 1 amide bonds. The molecule has 0 saturated heterocycles. The first-order valence-electron chi connectivity index (χ1n) is 9.60. The molecule has 0 heterocycles. The van der Waals surface area contributed by atoms with E-state index in [1.54, 1.807) is 28.3 Å². The van der Waals surface area contributed by atoms with Crippen LogP contribution < -0.4 is 5.32 Å². The van der Waals surface area contributed by atoms with Gasteiger partial charge in [-0.2, -0.15) is 0 Å². The van der Waals surface area contributed by atoms with Crippen LogP contribution in [0.1, 0.15) is 71.1 Å². The van der Waals surface area contributed by atoms with Crippen molar-refractivity contribution >= 4 is 14.7 Å². The van der Waals surface area contributed by atoms with Crippen molar-refractivity contribution in [2.24, 2.45) is 0 Å². The van der Waals surface area contributed by atoms with Gasteiger partial charge in [-0.25, -0.2) is 0 Å². The molecule has 0 spiro atoms. The van der Waals surface area contributed by atoms with Gasteiger partial charge < -0.3 is 18.6 Å². The van der Waals surface area contributed by atoms with Gasteiger partial charge >= 0.3 is 8.80 Å². The van der Waals surface area contributed by atoms with Crippen molar-refractivity contribution in [1.82, 2.24) is 5.32 Å². The third-order valence-corrected chi connectivity index (χ3v) is 7.35. The van der Waals surface area contributed by atoms with E-state index in [1.807, 2.05) is 0 Å². The third kappa shape index (κ3) is 12.3. The first-order chi connectivity index (χ1) is 12.0. The van der Waals surface area contributed by atoms with Gasteiger partial charge in [0.2, 0.25) is 5.91 Å². The number of carbonyl (C=O) groups excluding carboxylic acids is 1. The maximum absolute atomic E-state index is 11.3. The van der Waals surface area contributed by atoms with Gasteiger partial charge in [0, 0.05) is 39.5 Å². The van der Waals surface area contributed by atoms with Gasteiger partial charge in [0.15, 0.2) is 0 Å². The predicted molar refractivity (Wildman–Crippen MR) is 106 cm³/mol. The smallest absolute Gasteiger partial charge is 0.377 e. The molecule has 0 fully saturated rings. The molecule has 0 aliphatic carbocycles. The van der Waals surface area contributed by atoms with Crippen LogP contribution in [-0.2, 0) is 18.1 Å². The summed E-state index contributed by atoms with van der Waals surface area (Å²) in [5.74, 6) is -0.0265. The molecule has 0 saturated carbocycles. The van der Waals surface area contributed by atoms with E-state index in [0.29, 0.717) is 5.57 Å². The Morgan fingerprint density at radius 3 is 1.60 bits per heavy atom. The minimum atomic E-state index is -2.36. The molecule has 0 aromatic heterocycles. The van der Waals surface area contributed by atoms with Crippen LogP contribution in [0.15, 0.2) is 12.2 Å². The van der Waals surface area contributed by atoms with Crippen molar-refractivity contribution < 1.29 is 18.1 Å². The van der Waals surface area contributed by atoms with Crippen LogP contribution in [0.4, 0.5) is 0 Å². The molecule has 0 aliphatic rings. The maximum atomic E-state index is 11.3. The van der Waals surface area contributed by atoms with Crippen LogP contribution in [0.2, 0.25) is 6.04 Å². The molecule has 0 aliphatic heterocycles. The second-order valence-corrected chi connectivity index (χ2v) is 9.71. The highest BCUT2D eigenvalue weighted by atomic mass is 28.4. The van der Waals surface area contributed by atoms with Crippen LogP contribution >= 0.6 is 0 Å². The number of unbranched alkanes of at least 4 members (excludes halogenated alkanes) is 9. The average Bonchev–Trinajstić information content (AvgIpc) is 2.62. The summed E-state index contributed by atoms with van der Waals surface area (Å²) >= 11 is 0. The van der Waals surface area contributed by atoms with Gasteiger partial charge in [0.1, 0.15) is 0 Å². The van der Waals surface area contributed by atoms with Crippen molar-refractivity contribution in [3.8, 4) is 0 Å². The van der Waals surface area contributed by atoms with Crippen molar-refractivity contribution in [1.29, 1.82) is 0 Å². The van der Waals surface area contributed by atoms with Gasteiger partial charge in [0.05, 0.1) is 0 Å². The topological polar surface area (TPSA) is 56.8 Å². The van der Waals surface area contributed by atoms with Crippen LogP contribution in [-0.4, -0.2) is 42.6 Å². The van der Waals surface area contributed by atoms with Gasteiger partial charge in [-0.15, -0.1) is 0 Å². The lowest BCUT2D eigenvalue weighted by Crippen LogP contribution is -2.42. The van der Waals surface area contributed by atoms with E-state index in [0.717, 1.165) is 25.4 Å². The largest absolute Gasteiger partial charge is 0.500 e. The van der Waals surface area contributed by atoms with Crippen molar-refractivity contribution in [2.75, 3.05) is 27.9 Å². The summed E-state index contributed by atoms with van der Waals surface area (Å²) in [5.41, 5.74) is 0.583. The van der Waals surface area contributed by atoms with Crippen LogP contribution in [0.25, 0.3) is 0 Å². The SMILES string of the molecule is C=C(C)C(=O)NCCCCCCCCCCCC[Si](OC)(OC)OC. The van der Waals surface area contributed by atoms with E-state index < -0.39 is 8.80 Å². The fraction of sp³-hybridized carbons (Fsp3) is 0.842. The highest BCUT2D eigenvalue weighted by Gasteiger charge is 2.36. The van der Waals surface area contributed by atoms with Crippen molar-refractivity contribution in [2.45, 2.75) is 77.2 Å². The highest BCUT2D eigenvalue weighted by Crippen LogP contribution is 2.18. The summed E-state index contributed by atoms with van der Waals surface area (Å²) in [6.07, 6.45) is 12.3. The number of carbonyl (C=O) groups is 1. The Bertz CT molecular complexity index is 351. The second kappa shape index (κ2) is 15.6. The minimum absolute atomic E-state index is 0.0265. The molecule has 0 radical (unpaired) electrons. The number of nitrogens with one attached hydrogen (secondary N) is 1. The average molecular weight is 374 g/mol. The summed E-state index contributed by atoms with van der Waals surface area (Å²) in [4.78, 5) is 11.3. The van der Waals surface area contributed by atoms with Gasteiger partial charge in [-0.3, -0.25) is 4.79 Å². The van der Waals surface area contributed by atoms with Gasteiger partial charge in [-0.05, 0) is 19.8 Å². The minimum Gasteiger partial charge on any atom is -0.377 e. The molecule has 0 rings (SSSR count). The number of hydrogen-bond donors (Lipinski definition) is 1. The summed E-state index contributed by atoms with van der Waals surface area (Å²) in [7, 11) is 2.66. The van der Waals surface area contributed by atoms with Crippen LogP contribution in [0.3, 0.4) is 0 Å². The Balaban J connectivity index is 3.34. The zero-order valence-electron chi connectivity index (χ0n) is 16.8. The molecule has 0 atom stereocenters. The Morgan fingerprint density at radius 2 is 1.20 bits per heavy atom. The van der Waals surface area contributed by atoms with Crippen LogP contribution in [0.5, 0.6) is 0 Å². The lowest BCUT2D eigenvalue weighted by atomic mass is 10.1. The van der Waals surface area contributed by atoms with E-state index in [4.69, 9.17) is 13.3 Å². The zero-order valence-corrected chi connectivity index (χ0v) is 17.8. The van der Waals surface area contributed by atoms with Crippen molar-refractivity contribution in [3.05, 3.63) is 12.2 Å². The normalized spacial score (nSPS) is 11.5. The Labute approximate surface area is 155 Å². The molecule has 0 aromatic carbocycles. The van der Waals surface area contributed by atoms with E-state index in [-0.39, 0.29) is 5.91 Å². The molecule has 0 bridgehead atoms. The Hall–Kier alpha value is -0.693. The molecule has 1 N–H and O–H groups in total. The number of amides is 1. The molecule has 148 valence electrons. The number of hydrogen-bond acceptors (Lipinski definition) is 4. The van der Waals surface area contributed by atoms with E-state index >= 15 is 0 Å². The summed E-state index contributed by atoms with van der Waals surface area (Å²) in [5, 5.41) is 2.87. The number of rotatable bonds is 17. The van der Waals surface area contributed by atoms with Gasteiger partial charge in [-0.1, -0.05) is 57.9 Å². The summed E-state index contributed by atoms with van der Waals surface area (Å²) in [6.45, 7) is 6.13. The monoisotopic (exact) mass is 373 g/mol. The van der Waals surface area contributed by atoms with E-state index in [1.165, 1.54) is 51.4 Å². The fourth-order valence-corrected chi connectivity index (χ4v) is 4.59. The molecule has 5 nitrogen and oxygen atoms in total. The third-order valence-electron chi connectivity index (χ3n) is 4.52. The standard InChI is InChI=1S/C19H39NO4Si/c1-18(2)19(21)20-16-14-12-10-8-6-7-9-11-13-15-17-25(22-3,23-4)24-5/h1,6-17H2,2-5H3,(H,20,21). The quantitative estimate of drug-likeness (QED) is 0.232. The molecular formula is C19H39NO4Si. The summed E-state index contributed by atoms with van der Waals surface area (Å²) < 4.78 is 16.3. The second-order valence-electron chi connectivity index (χ2n) is 6.62. The van der Waals surface area contributed by atoms with Crippen LogP contribution in [0, 0.1) is 0 Å². The maximum Gasteiger partial charge on any atom is 0.500 e. The predicted octanol–water partition coefficient (Wildman–Crippen LogP) is 4.46. The lowest BCUT2D eigenvalue weighted by Gasteiger charge is -2.24. The zero-order chi connectivity index (χ0) is 19.0. The van der Waals surface area contributed by atoms with Gasteiger partial charge in [0.25, 0.3) is 0 Å². The summed E-state index contributed by atoms with van der Waals surface area (Å²) in [6, 6.07) is 0.901. The molecular weight excluding hydrogens is 334 g/mol. The van der Waals surface area contributed by atoms with E-state index in [2.05, 4.69) is 11.9 Å². The molecule has 25 heavy (non-hydrogen) atoms. The Kier molecular flexibility index (Phi) is 15.1. The lowest BCUT2D eigenvalue weighted by molar-refractivity contribution is -0.117. The highest BCUT2D eigenvalue weighted by molar-refractivity contribution is 6.60. The first kappa shape index (κ1) is 24.3. The Morgan fingerprint density at radius 1 is 0.800 bits per heavy atom. The van der Waals surface area contributed by atoms with Crippen molar-refractivity contribution in [3.63, 3.8) is 0 Å². The molecule has 0 unspecified atom stereocenters. The fourth-order valence-electron chi connectivity index (χ4n) is 2.79. The molecule has 0 aromatic rings. The van der Waals surface area contributed by atoms with E-state index in [9.17, 15) is 4.79 Å².